The molecular weight excluding hydrogens is 347 g/mol. The molecule has 1 saturated carbocycles. The lowest BCUT2D eigenvalue weighted by Crippen LogP contribution is -2.23. The summed E-state index contributed by atoms with van der Waals surface area (Å²) in [5.41, 5.74) is 3.20. The van der Waals surface area contributed by atoms with Crippen molar-refractivity contribution in [1.29, 1.82) is 0 Å². The number of H-pyrrole nitrogens is 1. The van der Waals surface area contributed by atoms with E-state index in [4.69, 9.17) is 0 Å². The summed E-state index contributed by atoms with van der Waals surface area (Å²) in [4.78, 5) is 14.6. The highest BCUT2D eigenvalue weighted by Crippen LogP contribution is 2.28. The zero-order valence-electron chi connectivity index (χ0n) is 14.4. The summed E-state index contributed by atoms with van der Waals surface area (Å²) in [5.74, 6) is -1.37. The fourth-order valence-electron chi connectivity index (χ4n) is 3.00. The van der Waals surface area contributed by atoms with Gasteiger partial charge in [0, 0.05) is 22.6 Å². The molecule has 1 atom stereocenters. The van der Waals surface area contributed by atoms with Crippen LogP contribution in [0, 0.1) is 5.82 Å². The Balaban J connectivity index is 1.62. The van der Waals surface area contributed by atoms with E-state index in [9.17, 15) is 19.4 Å². The van der Waals surface area contributed by atoms with Gasteiger partial charge in [0.15, 0.2) is 0 Å². The van der Waals surface area contributed by atoms with Gasteiger partial charge >= 0.3 is 5.97 Å². The summed E-state index contributed by atoms with van der Waals surface area (Å²) in [6.45, 7) is 0. The van der Waals surface area contributed by atoms with Crippen molar-refractivity contribution in [2.24, 2.45) is 0 Å². The summed E-state index contributed by atoms with van der Waals surface area (Å²) < 4.78 is 13.1. The summed E-state index contributed by atoms with van der Waals surface area (Å²) in [7, 11) is 0. The number of aliphatic hydroxyl groups excluding tert-OH is 1. The van der Waals surface area contributed by atoms with Gasteiger partial charge in [0.1, 0.15) is 11.5 Å². The van der Waals surface area contributed by atoms with Crippen molar-refractivity contribution in [1.82, 2.24) is 10.3 Å². The van der Waals surface area contributed by atoms with Gasteiger partial charge in [0.2, 0.25) is 0 Å². The molecule has 0 aliphatic heterocycles. The fraction of sp³-hybridized carbons (Fsp3) is 0.190. The van der Waals surface area contributed by atoms with Crippen LogP contribution in [0.4, 0.5) is 4.39 Å². The monoisotopic (exact) mass is 366 g/mol. The first kappa shape index (κ1) is 17.3. The maximum absolute atomic E-state index is 13.1. The molecule has 1 unspecified atom stereocenters. The first-order valence-electron chi connectivity index (χ1n) is 8.78. The molecule has 5 nitrogen and oxygen atoms in total. The van der Waals surface area contributed by atoms with Crippen molar-refractivity contribution in [2.45, 2.75) is 25.0 Å². The summed E-state index contributed by atoms with van der Waals surface area (Å²) in [6, 6.07) is 13.7. The normalized spacial score (nSPS) is 15.7. The van der Waals surface area contributed by atoms with E-state index in [1.165, 1.54) is 18.2 Å². The lowest BCUT2D eigenvalue weighted by molar-refractivity contribution is -0.133. The number of hydrogen-bond donors (Lipinski definition) is 4. The van der Waals surface area contributed by atoms with Crippen molar-refractivity contribution in [3.05, 3.63) is 71.7 Å². The average Bonchev–Trinajstić information content (AvgIpc) is 3.36. The average molecular weight is 366 g/mol. The van der Waals surface area contributed by atoms with Crippen molar-refractivity contribution in [3.63, 3.8) is 0 Å². The molecule has 0 bridgehead atoms. The standard InChI is InChI=1S/C21H19FN2O3/c22-15-4-1-12(2-5-15)18-10-14-9-13(3-8-17(14)24-18)20(25)11-19(21(26)27)23-16-6-7-16/h1-5,8-11,16,20,23-25H,6-7H2,(H,26,27)/b19-11+. The van der Waals surface area contributed by atoms with Crippen LogP contribution < -0.4 is 5.32 Å². The van der Waals surface area contributed by atoms with E-state index in [1.54, 1.807) is 18.2 Å². The molecule has 3 aromatic rings. The molecule has 4 rings (SSSR count). The topological polar surface area (TPSA) is 85.3 Å². The lowest BCUT2D eigenvalue weighted by Gasteiger charge is -2.10. The Hall–Kier alpha value is -3.12. The first-order valence-corrected chi connectivity index (χ1v) is 8.78. The number of rotatable bonds is 6. The first-order chi connectivity index (χ1) is 13.0. The van der Waals surface area contributed by atoms with Crippen LogP contribution in [-0.4, -0.2) is 27.2 Å². The highest BCUT2D eigenvalue weighted by Gasteiger charge is 2.24. The Morgan fingerprint density at radius 1 is 1.19 bits per heavy atom. The van der Waals surface area contributed by atoms with Gasteiger partial charge in [-0.3, -0.25) is 0 Å². The van der Waals surface area contributed by atoms with E-state index in [0.717, 1.165) is 35.0 Å². The fourth-order valence-corrected chi connectivity index (χ4v) is 3.00. The van der Waals surface area contributed by atoms with Gasteiger partial charge in [0.05, 0.1) is 6.10 Å². The number of fused-ring (bicyclic) bond motifs is 1. The van der Waals surface area contributed by atoms with Crippen LogP contribution in [0.5, 0.6) is 0 Å². The van der Waals surface area contributed by atoms with Gasteiger partial charge in [-0.05, 0) is 72.5 Å². The van der Waals surface area contributed by atoms with Crippen LogP contribution >= 0.6 is 0 Å². The van der Waals surface area contributed by atoms with E-state index in [2.05, 4.69) is 10.3 Å². The van der Waals surface area contributed by atoms with E-state index in [-0.39, 0.29) is 17.6 Å². The number of halogens is 1. The van der Waals surface area contributed by atoms with Crippen molar-refractivity contribution >= 4 is 16.9 Å². The minimum atomic E-state index is -1.08. The number of nitrogens with one attached hydrogen (secondary N) is 2. The maximum Gasteiger partial charge on any atom is 0.351 e. The Labute approximate surface area is 155 Å². The van der Waals surface area contributed by atoms with Crippen molar-refractivity contribution in [2.75, 3.05) is 0 Å². The Morgan fingerprint density at radius 2 is 1.93 bits per heavy atom. The van der Waals surface area contributed by atoms with Gasteiger partial charge in [0.25, 0.3) is 0 Å². The Kier molecular flexibility index (Phi) is 4.41. The molecule has 0 amide bonds. The zero-order valence-corrected chi connectivity index (χ0v) is 14.4. The molecule has 0 spiro atoms. The highest BCUT2D eigenvalue weighted by molar-refractivity contribution is 5.87. The molecule has 6 heteroatoms. The van der Waals surface area contributed by atoms with Crippen molar-refractivity contribution in [3.8, 4) is 11.3 Å². The van der Waals surface area contributed by atoms with Crippen LogP contribution in [0.1, 0.15) is 24.5 Å². The number of carbonyl (C=O) groups is 1. The molecule has 138 valence electrons. The predicted molar refractivity (Wildman–Crippen MR) is 101 cm³/mol. The molecule has 1 aliphatic carbocycles. The molecular formula is C21H19FN2O3. The minimum Gasteiger partial charge on any atom is -0.477 e. The van der Waals surface area contributed by atoms with Crippen LogP contribution in [0.15, 0.2) is 60.3 Å². The van der Waals surface area contributed by atoms with Gasteiger partial charge in [-0.15, -0.1) is 0 Å². The largest absolute Gasteiger partial charge is 0.477 e. The van der Waals surface area contributed by atoms with Gasteiger partial charge in [-0.2, -0.15) is 0 Å². The second-order valence-corrected chi connectivity index (χ2v) is 6.79. The molecule has 1 fully saturated rings. The molecule has 2 aromatic carbocycles. The van der Waals surface area contributed by atoms with Gasteiger partial charge in [-0.25, -0.2) is 9.18 Å². The Morgan fingerprint density at radius 3 is 2.59 bits per heavy atom. The van der Waals surface area contributed by atoms with Crippen LogP contribution in [0.2, 0.25) is 0 Å². The van der Waals surface area contributed by atoms with E-state index in [1.807, 2.05) is 18.2 Å². The number of carboxylic acid groups (broad SMARTS) is 1. The highest BCUT2D eigenvalue weighted by atomic mass is 19.1. The third kappa shape index (κ3) is 3.85. The van der Waals surface area contributed by atoms with Gasteiger partial charge in [-0.1, -0.05) is 6.07 Å². The number of hydrogen-bond acceptors (Lipinski definition) is 3. The third-order valence-corrected chi connectivity index (χ3v) is 4.63. The maximum atomic E-state index is 13.1. The lowest BCUT2D eigenvalue weighted by atomic mass is 10.1. The minimum absolute atomic E-state index is 0.0196. The summed E-state index contributed by atoms with van der Waals surface area (Å²) in [6.07, 6.45) is 2.19. The third-order valence-electron chi connectivity index (χ3n) is 4.63. The van der Waals surface area contributed by atoms with E-state index < -0.39 is 12.1 Å². The van der Waals surface area contributed by atoms with E-state index >= 15 is 0 Å². The number of benzene rings is 2. The molecule has 4 N–H and O–H groups in total. The Bertz CT molecular complexity index is 1020. The number of aromatic nitrogens is 1. The van der Waals surface area contributed by atoms with Crippen molar-refractivity contribution < 1.29 is 19.4 Å². The SMILES string of the molecule is O=C(O)/C(=C\C(O)c1ccc2[nH]c(-c3ccc(F)cc3)cc2c1)NC1CC1. The molecule has 27 heavy (non-hydrogen) atoms. The second kappa shape index (κ2) is 6.89. The van der Waals surface area contributed by atoms with E-state index in [0.29, 0.717) is 5.56 Å². The quantitative estimate of drug-likeness (QED) is 0.501. The molecule has 0 saturated heterocycles. The molecule has 1 aliphatic rings. The second-order valence-electron chi connectivity index (χ2n) is 6.79. The molecule has 1 aromatic heterocycles. The predicted octanol–water partition coefficient (Wildman–Crippen LogP) is 3.73. The summed E-state index contributed by atoms with van der Waals surface area (Å²) >= 11 is 0. The number of aliphatic hydroxyl groups is 1. The zero-order chi connectivity index (χ0) is 19.0. The van der Waals surface area contributed by atoms with Crippen LogP contribution in [0.25, 0.3) is 22.2 Å². The van der Waals surface area contributed by atoms with Gasteiger partial charge < -0.3 is 20.5 Å². The van der Waals surface area contributed by atoms with Crippen LogP contribution in [-0.2, 0) is 4.79 Å². The number of aromatic amines is 1. The summed E-state index contributed by atoms with van der Waals surface area (Å²) in [5, 5.41) is 23.6. The van der Waals surface area contributed by atoms with Crippen LogP contribution in [0.3, 0.4) is 0 Å². The number of carboxylic acids is 1. The smallest absolute Gasteiger partial charge is 0.351 e. The number of aliphatic carboxylic acids is 1. The molecule has 1 heterocycles. The molecule has 0 radical (unpaired) electrons.